The van der Waals surface area contributed by atoms with E-state index >= 15 is 0 Å². The summed E-state index contributed by atoms with van der Waals surface area (Å²) in [5.74, 6) is 2.02. The molecule has 0 radical (unpaired) electrons. The van der Waals surface area contributed by atoms with E-state index in [0.29, 0.717) is 12.1 Å². The van der Waals surface area contributed by atoms with Crippen LogP contribution in [-0.4, -0.2) is 58.2 Å². The lowest BCUT2D eigenvalue weighted by atomic mass is 10.00. The van der Waals surface area contributed by atoms with Gasteiger partial charge in [0.1, 0.15) is 17.8 Å². The third-order valence-corrected chi connectivity index (χ3v) is 5.37. The summed E-state index contributed by atoms with van der Waals surface area (Å²) in [6, 6.07) is 4.98. The molecule has 3 atom stereocenters. The Morgan fingerprint density at radius 2 is 2.12 bits per heavy atom. The van der Waals surface area contributed by atoms with Gasteiger partial charge < -0.3 is 9.15 Å². The number of fused-ring (bicyclic) bond motifs is 1. The van der Waals surface area contributed by atoms with Gasteiger partial charge in [-0.15, -0.1) is 0 Å². The van der Waals surface area contributed by atoms with Crippen LogP contribution in [0.2, 0.25) is 0 Å². The zero-order valence-electron chi connectivity index (χ0n) is 15.0. The van der Waals surface area contributed by atoms with Gasteiger partial charge in [0, 0.05) is 43.7 Å². The molecule has 2 aromatic rings. The van der Waals surface area contributed by atoms with E-state index < -0.39 is 0 Å². The molecule has 0 amide bonds. The maximum Gasteiger partial charge on any atom is 0.118 e. The summed E-state index contributed by atoms with van der Waals surface area (Å²) in [4.78, 5) is 13.2. The quantitative estimate of drug-likeness (QED) is 0.831. The van der Waals surface area contributed by atoms with Crippen LogP contribution in [0.25, 0.3) is 0 Å². The van der Waals surface area contributed by atoms with E-state index in [1.807, 2.05) is 25.4 Å². The summed E-state index contributed by atoms with van der Waals surface area (Å²) in [6.45, 7) is 5.56. The van der Waals surface area contributed by atoms with Gasteiger partial charge in [0.25, 0.3) is 0 Å². The molecule has 6 nitrogen and oxygen atoms in total. The summed E-state index contributed by atoms with van der Waals surface area (Å²) >= 11 is 0. The molecule has 0 aromatic carbocycles. The first-order valence-corrected chi connectivity index (χ1v) is 9.06. The largest absolute Gasteiger partial charge is 0.465 e. The number of aryl methyl sites for hydroxylation is 1. The average Bonchev–Trinajstić information content (AvgIpc) is 3.20. The molecule has 0 aliphatic carbocycles. The van der Waals surface area contributed by atoms with Crippen molar-refractivity contribution in [2.24, 2.45) is 0 Å². The van der Waals surface area contributed by atoms with Crippen LogP contribution in [0.5, 0.6) is 0 Å². The van der Waals surface area contributed by atoms with E-state index in [1.54, 1.807) is 6.33 Å². The van der Waals surface area contributed by atoms with Crippen LogP contribution in [0.15, 0.2) is 35.3 Å². The van der Waals surface area contributed by atoms with E-state index in [4.69, 9.17) is 9.15 Å². The highest BCUT2D eigenvalue weighted by Crippen LogP contribution is 2.33. The standard InChI is InChI=1S/C19H26N4O2/c1-14-5-6-16(25-14)11-23-12-18(19-17(23)4-3-7-24-19)22(2)10-15-8-20-13-21-9-15/h5-6,8-9,13,17-19H,3-4,7,10-12H2,1-2H3/t17-,18+,19+/m1/s1. The van der Waals surface area contributed by atoms with Gasteiger partial charge >= 0.3 is 0 Å². The molecule has 2 aliphatic heterocycles. The van der Waals surface area contributed by atoms with Crippen LogP contribution in [0.3, 0.4) is 0 Å². The number of hydrogen-bond donors (Lipinski definition) is 0. The Balaban J connectivity index is 1.48. The summed E-state index contributed by atoms with van der Waals surface area (Å²) in [5, 5.41) is 0. The Morgan fingerprint density at radius 1 is 1.28 bits per heavy atom. The first kappa shape index (κ1) is 16.7. The van der Waals surface area contributed by atoms with Gasteiger partial charge in [-0.25, -0.2) is 9.97 Å². The van der Waals surface area contributed by atoms with Crippen molar-refractivity contribution in [2.75, 3.05) is 20.2 Å². The molecule has 2 aliphatic rings. The highest BCUT2D eigenvalue weighted by Gasteiger charge is 2.45. The lowest BCUT2D eigenvalue weighted by Crippen LogP contribution is -2.46. The molecule has 0 spiro atoms. The van der Waals surface area contributed by atoms with Crippen molar-refractivity contribution >= 4 is 0 Å². The molecule has 4 rings (SSSR count). The van der Waals surface area contributed by atoms with Gasteiger partial charge in [0.05, 0.1) is 18.7 Å². The van der Waals surface area contributed by atoms with Crippen LogP contribution in [-0.2, 0) is 17.8 Å². The van der Waals surface area contributed by atoms with E-state index in [2.05, 4.69) is 32.9 Å². The van der Waals surface area contributed by atoms with Crippen molar-refractivity contribution in [1.29, 1.82) is 0 Å². The molecule has 0 bridgehead atoms. The second-order valence-corrected chi connectivity index (χ2v) is 7.22. The zero-order chi connectivity index (χ0) is 17.2. The topological polar surface area (TPSA) is 54.6 Å². The van der Waals surface area contributed by atoms with Crippen molar-refractivity contribution in [3.63, 3.8) is 0 Å². The van der Waals surface area contributed by atoms with Gasteiger partial charge in [-0.05, 0) is 38.9 Å². The first-order chi connectivity index (χ1) is 12.2. The predicted octanol–water partition coefficient (Wildman–Crippen LogP) is 2.24. The molecular weight excluding hydrogens is 316 g/mol. The number of hydrogen-bond acceptors (Lipinski definition) is 6. The fraction of sp³-hybridized carbons (Fsp3) is 0.579. The SMILES string of the molecule is Cc1ccc(CN2C[C@H](N(C)Cc3cncnc3)[C@H]3OCCC[C@H]32)o1. The summed E-state index contributed by atoms with van der Waals surface area (Å²) in [5.41, 5.74) is 1.14. The maximum absolute atomic E-state index is 6.20. The fourth-order valence-corrected chi connectivity index (χ4v) is 4.18. The monoisotopic (exact) mass is 342 g/mol. The Bertz CT molecular complexity index is 690. The van der Waals surface area contributed by atoms with Crippen molar-refractivity contribution in [3.8, 4) is 0 Å². The number of aromatic nitrogens is 2. The Labute approximate surface area is 148 Å². The third kappa shape index (κ3) is 3.61. The average molecular weight is 342 g/mol. The normalized spacial score (nSPS) is 26.9. The lowest BCUT2D eigenvalue weighted by molar-refractivity contribution is -0.0390. The summed E-state index contributed by atoms with van der Waals surface area (Å²) in [7, 11) is 2.17. The number of nitrogens with zero attached hydrogens (tertiary/aromatic N) is 4. The highest BCUT2D eigenvalue weighted by atomic mass is 16.5. The van der Waals surface area contributed by atoms with Crippen LogP contribution >= 0.6 is 0 Å². The minimum absolute atomic E-state index is 0.263. The molecule has 2 aromatic heterocycles. The molecular formula is C19H26N4O2. The highest BCUT2D eigenvalue weighted by molar-refractivity contribution is 5.09. The number of likely N-dealkylation sites (N-methyl/N-ethyl adjacent to an activating group) is 1. The second-order valence-electron chi connectivity index (χ2n) is 7.22. The third-order valence-electron chi connectivity index (χ3n) is 5.37. The molecule has 0 saturated carbocycles. The van der Waals surface area contributed by atoms with Crippen LogP contribution in [0.4, 0.5) is 0 Å². The molecule has 0 unspecified atom stereocenters. The maximum atomic E-state index is 6.20. The molecule has 0 N–H and O–H groups in total. The minimum Gasteiger partial charge on any atom is -0.465 e. The van der Waals surface area contributed by atoms with Crippen molar-refractivity contribution in [3.05, 3.63) is 47.9 Å². The molecule has 2 fully saturated rings. The summed E-state index contributed by atoms with van der Waals surface area (Å²) < 4.78 is 12.0. The van der Waals surface area contributed by atoms with Crippen LogP contribution in [0.1, 0.15) is 29.9 Å². The van der Waals surface area contributed by atoms with Crippen molar-refractivity contribution in [2.45, 2.75) is 51.0 Å². The molecule has 2 saturated heterocycles. The van der Waals surface area contributed by atoms with Gasteiger partial charge in [-0.1, -0.05) is 0 Å². The predicted molar refractivity (Wildman–Crippen MR) is 93.9 cm³/mol. The van der Waals surface area contributed by atoms with E-state index in [9.17, 15) is 0 Å². The Hall–Kier alpha value is -1.76. The zero-order valence-corrected chi connectivity index (χ0v) is 15.0. The van der Waals surface area contributed by atoms with E-state index in [0.717, 1.165) is 49.7 Å². The molecule has 134 valence electrons. The van der Waals surface area contributed by atoms with Gasteiger partial charge in [0.2, 0.25) is 0 Å². The molecule has 25 heavy (non-hydrogen) atoms. The van der Waals surface area contributed by atoms with Crippen molar-refractivity contribution in [1.82, 2.24) is 19.8 Å². The minimum atomic E-state index is 0.263. The smallest absolute Gasteiger partial charge is 0.118 e. The lowest BCUT2D eigenvalue weighted by Gasteiger charge is -2.34. The molecule has 4 heterocycles. The van der Waals surface area contributed by atoms with Gasteiger partial charge in [-0.2, -0.15) is 0 Å². The molecule has 6 heteroatoms. The second kappa shape index (κ2) is 7.23. The number of ether oxygens (including phenoxy) is 1. The fourth-order valence-electron chi connectivity index (χ4n) is 4.18. The van der Waals surface area contributed by atoms with Crippen molar-refractivity contribution < 1.29 is 9.15 Å². The van der Waals surface area contributed by atoms with Crippen LogP contribution in [0, 0.1) is 6.92 Å². The Morgan fingerprint density at radius 3 is 2.88 bits per heavy atom. The first-order valence-electron chi connectivity index (χ1n) is 9.06. The van der Waals surface area contributed by atoms with E-state index in [1.165, 1.54) is 6.42 Å². The van der Waals surface area contributed by atoms with Crippen LogP contribution < -0.4 is 0 Å². The van der Waals surface area contributed by atoms with E-state index in [-0.39, 0.29) is 6.10 Å². The number of rotatable bonds is 5. The Kier molecular flexibility index (Phi) is 4.83. The summed E-state index contributed by atoms with van der Waals surface area (Å²) in [6.07, 6.45) is 7.95. The van der Waals surface area contributed by atoms with Gasteiger partial charge in [-0.3, -0.25) is 9.80 Å². The number of furan rings is 1. The van der Waals surface area contributed by atoms with Gasteiger partial charge in [0.15, 0.2) is 0 Å². The number of likely N-dealkylation sites (tertiary alicyclic amines) is 1.